The van der Waals surface area contributed by atoms with Crippen LogP contribution in [0.5, 0.6) is 11.5 Å². The number of rotatable bonds is 12. The Morgan fingerprint density at radius 1 is 0.975 bits per heavy atom. The largest absolute Gasteiger partial charge is 0.493 e. The fraction of sp³-hybridized carbons (Fsp3) is 0.269. The number of amides is 1. The lowest BCUT2D eigenvalue weighted by molar-refractivity contribution is -0.137. The molecule has 3 aromatic rings. The van der Waals surface area contributed by atoms with Crippen LogP contribution in [0.1, 0.15) is 11.1 Å². The molecule has 0 radical (unpaired) electrons. The summed E-state index contributed by atoms with van der Waals surface area (Å²) in [7, 11) is -1.84. The normalized spacial score (nSPS) is 11.7. The van der Waals surface area contributed by atoms with E-state index in [0.717, 1.165) is 17.7 Å². The molecule has 3 rings (SSSR count). The van der Waals surface area contributed by atoms with E-state index in [4.69, 9.17) is 32.7 Å². The number of halogens is 5. The van der Waals surface area contributed by atoms with Crippen LogP contribution in [0.2, 0.25) is 10.0 Å². The molecule has 3 aromatic carbocycles. The van der Waals surface area contributed by atoms with Crippen molar-refractivity contribution in [2.75, 3.05) is 37.4 Å². The van der Waals surface area contributed by atoms with Gasteiger partial charge in [-0.05, 0) is 48.0 Å². The molecule has 0 saturated carbocycles. The molecule has 0 atom stereocenters. The van der Waals surface area contributed by atoms with E-state index in [0.29, 0.717) is 31.9 Å². The van der Waals surface area contributed by atoms with Gasteiger partial charge < -0.3 is 14.8 Å². The van der Waals surface area contributed by atoms with Gasteiger partial charge in [0.2, 0.25) is 5.91 Å². The number of benzene rings is 3. The number of ether oxygens (including phenoxy) is 2. The Kier molecular flexibility index (Phi) is 10.9. The first-order valence-corrected chi connectivity index (χ1v) is 14.9. The van der Waals surface area contributed by atoms with Crippen LogP contribution in [0.25, 0.3) is 0 Å². The number of methoxy groups -OCH3 is 2. The Balaban J connectivity index is 1.80. The van der Waals surface area contributed by atoms with Gasteiger partial charge in [-0.1, -0.05) is 35.3 Å². The van der Waals surface area contributed by atoms with Crippen LogP contribution < -0.4 is 19.1 Å². The van der Waals surface area contributed by atoms with Crippen LogP contribution in [-0.4, -0.2) is 47.4 Å². The predicted octanol–water partition coefficient (Wildman–Crippen LogP) is 6.27. The van der Waals surface area contributed by atoms with Gasteiger partial charge in [-0.25, -0.2) is 8.42 Å². The lowest BCUT2D eigenvalue weighted by Gasteiger charge is -2.25. The van der Waals surface area contributed by atoms with Crippen molar-refractivity contribution in [1.82, 2.24) is 5.32 Å². The number of sulfonamides is 1. The second-order valence-electron chi connectivity index (χ2n) is 8.18. The molecule has 0 unspecified atom stereocenters. The quantitative estimate of drug-likeness (QED) is 0.236. The zero-order chi connectivity index (χ0) is 29.5. The highest BCUT2D eigenvalue weighted by atomic mass is 35.5. The maximum atomic E-state index is 13.6. The number of carbonyl (C=O) groups excluding carboxylic acids is 1. The van der Waals surface area contributed by atoms with E-state index >= 15 is 0 Å². The van der Waals surface area contributed by atoms with Gasteiger partial charge in [0.25, 0.3) is 10.0 Å². The molecule has 7 nitrogen and oxygen atoms in total. The topological polar surface area (TPSA) is 84.9 Å². The van der Waals surface area contributed by atoms with Crippen molar-refractivity contribution in [3.05, 3.63) is 81.8 Å². The molecule has 1 amide bonds. The molecule has 0 aliphatic rings. The molecular formula is C26H25Cl2F3N2O5S2. The van der Waals surface area contributed by atoms with E-state index in [1.54, 1.807) is 18.2 Å². The Hall–Kier alpha value is -2.80. The van der Waals surface area contributed by atoms with Crippen LogP contribution in [-0.2, 0) is 26.7 Å². The van der Waals surface area contributed by atoms with E-state index in [9.17, 15) is 26.4 Å². The zero-order valence-electron chi connectivity index (χ0n) is 21.3. The number of hydrogen-bond donors (Lipinski definition) is 1. The van der Waals surface area contributed by atoms with Gasteiger partial charge in [0, 0.05) is 34.2 Å². The minimum absolute atomic E-state index is 0.0904. The minimum Gasteiger partial charge on any atom is -0.493 e. The molecule has 0 spiro atoms. The van der Waals surface area contributed by atoms with Crippen molar-refractivity contribution >= 4 is 56.6 Å². The molecule has 0 aromatic heterocycles. The summed E-state index contributed by atoms with van der Waals surface area (Å²) in [6, 6.07) is 12.6. The first-order chi connectivity index (χ1) is 18.9. The molecule has 0 fully saturated rings. The summed E-state index contributed by atoms with van der Waals surface area (Å²) in [5, 5.41) is 3.64. The second kappa shape index (κ2) is 13.7. The smallest absolute Gasteiger partial charge is 0.416 e. The molecule has 0 saturated heterocycles. The first-order valence-electron chi connectivity index (χ1n) is 11.6. The van der Waals surface area contributed by atoms with Gasteiger partial charge >= 0.3 is 6.18 Å². The van der Waals surface area contributed by atoms with Crippen LogP contribution in [0.15, 0.2) is 65.6 Å². The van der Waals surface area contributed by atoms with E-state index in [2.05, 4.69) is 5.32 Å². The van der Waals surface area contributed by atoms with Crippen molar-refractivity contribution < 1.29 is 35.9 Å². The Bertz CT molecular complexity index is 1440. The summed E-state index contributed by atoms with van der Waals surface area (Å²) >= 11 is 13.8. The van der Waals surface area contributed by atoms with E-state index in [-0.39, 0.29) is 28.6 Å². The fourth-order valence-corrected chi connectivity index (χ4v) is 6.57. The average molecular weight is 638 g/mol. The predicted molar refractivity (Wildman–Crippen MR) is 151 cm³/mol. The molecular weight excluding hydrogens is 612 g/mol. The summed E-state index contributed by atoms with van der Waals surface area (Å²) in [5.41, 5.74) is -0.644. The molecule has 40 heavy (non-hydrogen) atoms. The maximum absolute atomic E-state index is 13.6. The van der Waals surface area contributed by atoms with Gasteiger partial charge in [0.15, 0.2) is 11.5 Å². The fourth-order valence-electron chi connectivity index (χ4n) is 3.55. The summed E-state index contributed by atoms with van der Waals surface area (Å²) in [5.74, 6) is 0.559. The molecule has 1 N–H and O–H groups in total. The Morgan fingerprint density at radius 2 is 1.62 bits per heavy atom. The highest BCUT2D eigenvalue weighted by Crippen LogP contribution is 2.35. The van der Waals surface area contributed by atoms with Crippen LogP contribution in [0.3, 0.4) is 0 Å². The summed E-state index contributed by atoms with van der Waals surface area (Å²) in [6.07, 6.45) is -4.72. The SMILES string of the molecule is COc1ccc(S(=O)(=O)N(CC(=O)NCCSCc2c(Cl)cccc2Cl)c2cccc(C(F)(F)F)c2)cc1OC. The number of anilines is 1. The molecule has 14 heteroatoms. The second-order valence-corrected chi connectivity index (χ2v) is 12.0. The lowest BCUT2D eigenvalue weighted by atomic mass is 10.2. The van der Waals surface area contributed by atoms with Crippen LogP contribution in [0.4, 0.5) is 18.9 Å². The molecule has 0 aliphatic heterocycles. The zero-order valence-corrected chi connectivity index (χ0v) is 24.4. The van der Waals surface area contributed by atoms with Crippen molar-refractivity contribution in [1.29, 1.82) is 0 Å². The lowest BCUT2D eigenvalue weighted by Crippen LogP contribution is -2.41. The first kappa shape index (κ1) is 31.7. The average Bonchev–Trinajstić information content (AvgIpc) is 2.92. The number of alkyl halides is 3. The van der Waals surface area contributed by atoms with Crippen molar-refractivity contribution in [2.45, 2.75) is 16.8 Å². The third-order valence-corrected chi connectivity index (χ3v) is 9.03. The number of carbonyl (C=O) groups is 1. The highest BCUT2D eigenvalue weighted by molar-refractivity contribution is 7.98. The monoisotopic (exact) mass is 636 g/mol. The third-order valence-electron chi connectivity index (χ3n) is 5.57. The van der Waals surface area contributed by atoms with Crippen molar-refractivity contribution in [3.63, 3.8) is 0 Å². The van der Waals surface area contributed by atoms with Gasteiger partial charge in [0.05, 0.1) is 30.4 Å². The summed E-state index contributed by atoms with van der Waals surface area (Å²) < 4.78 is 78.4. The number of nitrogens with one attached hydrogen (secondary N) is 1. The maximum Gasteiger partial charge on any atom is 0.416 e. The highest BCUT2D eigenvalue weighted by Gasteiger charge is 2.33. The van der Waals surface area contributed by atoms with Crippen LogP contribution >= 0.6 is 35.0 Å². The molecule has 216 valence electrons. The molecule has 0 bridgehead atoms. The number of nitrogens with zero attached hydrogens (tertiary/aromatic N) is 1. The number of hydrogen-bond acceptors (Lipinski definition) is 6. The van der Waals surface area contributed by atoms with Gasteiger partial charge in [-0.2, -0.15) is 24.9 Å². The van der Waals surface area contributed by atoms with Gasteiger partial charge in [-0.15, -0.1) is 0 Å². The minimum atomic E-state index is -4.72. The standard InChI is InChI=1S/C26H25Cl2F3N2O5S2/c1-37-23-10-9-19(14-24(23)38-2)40(35,36)33(18-6-3-5-17(13-18)26(29,30)31)15-25(34)32-11-12-39-16-20-21(27)7-4-8-22(20)28/h3-10,13-14H,11-12,15-16H2,1-2H3,(H,32,34). The van der Waals surface area contributed by atoms with Gasteiger partial charge in [0.1, 0.15) is 6.54 Å². The van der Waals surface area contributed by atoms with E-state index < -0.39 is 34.2 Å². The van der Waals surface area contributed by atoms with Gasteiger partial charge in [-0.3, -0.25) is 9.10 Å². The van der Waals surface area contributed by atoms with E-state index in [1.165, 1.54) is 50.2 Å². The Labute approximate surface area is 244 Å². The summed E-state index contributed by atoms with van der Waals surface area (Å²) in [4.78, 5) is 12.5. The number of thioether (sulfide) groups is 1. The van der Waals surface area contributed by atoms with Crippen molar-refractivity contribution in [2.24, 2.45) is 0 Å². The third kappa shape index (κ3) is 7.90. The summed E-state index contributed by atoms with van der Waals surface area (Å²) in [6.45, 7) is -0.600. The van der Waals surface area contributed by atoms with E-state index in [1.807, 2.05) is 0 Å². The van der Waals surface area contributed by atoms with Crippen molar-refractivity contribution in [3.8, 4) is 11.5 Å². The van der Waals surface area contributed by atoms with Crippen LogP contribution in [0, 0.1) is 0 Å². The molecule has 0 aliphatic carbocycles. The molecule has 0 heterocycles. The Morgan fingerprint density at radius 3 is 2.25 bits per heavy atom.